The Bertz CT molecular complexity index is 1890. The second kappa shape index (κ2) is 13.4. The van der Waals surface area contributed by atoms with Crippen molar-refractivity contribution in [3.63, 3.8) is 0 Å². The highest BCUT2D eigenvalue weighted by molar-refractivity contribution is 7.21. The lowest BCUT2D eigenvalue weighted by molar-refractivity contribution is -0.137. The normalized spacial score (nSPS) is 17.3. The molecule has 2 aromatic heterocycles. The number of carbonyl (C=O) groups excluding carboxylic acids is 2. The molecule has 0 saturated carbocycles. The summed E-state index contributed by atoms with van der Waals surface area (Å²) in [7, 11) is 0. The van der Waals surface area contributed by atoms with Crippen molar-refractivity contribution < 1.29 is 27.9 Å². The van der Waals surface area contributed by atoms with Crippen molar-refractivity contribution in [1.29, 1.82) is 5.26 Å². The van der Waals surface area contributed by atoms with Crippen LogP contribution in [-0.4, -0.2) is 46.0 Å². The van der Waals surface area contributed by atoms with Crippen LogP contribution < -0.4 is 11.1 Å². The number of hydrogen-bond donors (Lipinski definition) is 3. The minimum absolute atomic E-state index is 0.200. The molecule has 2 amide bonds. The molecule has 234 valence electrons. The number of carbonyl (C=O) groups is 2. The minimum Gasteiger partial charge on any atom is -0.397 e. The van der Waals surface area contributed by atoms with Crippen molar-refractivity contribution in [2.45, 2.75) is 31.1 Å². The zero-order valence-corrected chi connectivity index (χ0v) is 25.2. The standard InChI is InChI=1S/C19H15F3N2O2.C15H13N3OS/c20-19(21,22)15-7-5-13(6-8-15)12-1-3-14(4-2-12)18-16(9-23)24(11-26)17(18)10-25;1-9-4-6-10(7-5-9)18-14(19)13-12(16)11-3-2-8-17-15(11)20-13/h1-8,11,16-18,25H,10H2;2-8H,16H2,1H3,(H,18,19). The average Bonchev–Trinajstić information content (AvgIpc) is 3.39. The maximum Gasteiger partial charge on any atom is 0.416 e. The van der Waals surface area contributed by atoms with Gasteiger partial charge in [0.05, 0.1) is 30.0 Å². The van der Waals surface area contributed by atoms with Gasteiger partial charge in [-0.1, -0.05) is 54.1 Å². The van der Waals surface area contributed by atoms with Crippen LogP contribution in [0.3, 0.4) is 0 Å². The van der Waals surface area contributed by atoms with E-state index in [0.717, 1.165) is 44.7 Å². The number of nitrogens with two attached hydrogens (primary N) is 1. The molecular weight excluding hydrogens is 615 g/mol. The summed E-state index contributed by atoms with van der Waals surface area (Å²) in [5.74, 6) is -0.494. The van der Waals surface area contributed by atoms with E-state index in [-0.39, 0.29) is 18.4 Å². The zero-order chi connectivity index (χ0) is 33.0. The number of hydrogen-bond acceptors (Lipinski definition) is 7. The van der Waals surface area contributed by atoms with Crippen LogP contribution >= 0.6 is 11.3 Å². The Balaban J connectivity index is 0.000000187. The fourth-order valence-electron chi connectivity index (χ4n) is 5.28. The summed E-state index contributed by atoms with van der Waals surface area (Å²) in [5, 5.41) is 22.4. The first kappa shape index (κ1) is 32.2. The maximum absolute atomic E-state index is 12.6. The first-order valence-electron chi connectivity index (χ1n) is 14.1. The van der Waals surface area contributed by atoms with Gasteiger partial charge in [-0.25, -0.2) is 4.98 Å². The number of nitrogens with zero attached hydrogens (tertiary/aromatic N) is 3. The van der Waals surface area contributed by atoms with E-state index in [2.05, 4.69) is 16.4 Å². The molecule has 4 N–H and O–H groups in total. The molecule has 1 aliphatic heterocycles. The number of fused-ring (bicyclic) bond motifs is 1. The molecule has 3 atom stereocenters. The summed E-state index contributed by atoms with van der Waals surface area (Å²) >= 11 is 1.31. The molecule has 3 aromatic carbocycles. The Morgan fingerprint density at radius 1 is 1.07 bits per heavy atom. The molecule has 1 fully saturated rings. The third kappa shape index (κ3) is 6.56. The Labute approximate surface area is 266 Å². The number of amides is 2. The molecular formula is C34H28F3N5O3S. The van der Waals surface area contributed by atoms with E-state index in [1.165, 1.54) is 28.4 Å². The number of pyridine rings is 1. The number of nitriles is 1. The highest BCUT2D eigenvalue weighted by Crippen LogP contribution is 2.40. The van der Waals surface area contributed by atoms with Gasteiger partial charge < -0.3 is 21.1 Å². The summed E-state index contributed by atoms with van der Waals surface area (Å²) in [6, 6.07) is 24.2. The van der Waals surface area contributed by atoms with E-state index >= 15 is 0 Å². The number of thiophene rings is 1. The third-order valence-corrected chi connectivity index (χ3v) is 8.89. The summed E-state index contributed by atoms with van der Waals surface area (Å²) in [4.78, 5) is 30.1. The summed E-state index contributed by atoms with van der Waals surface area (Å²) < 4.78 is 37.9. The van der Waals surface area contributed by atoms with Gasteiger partial charge in [0.2, 0.25) is 6.41 Å². The highest BCUT2D eigenvalue weighted by Gasteiger charge is 2.48. The maximum atomic E-state index is 12.6. The van der Waals surface area contributed by atoms with Gasteiger partial charge in [0.1, 0.15) is 15.7 Å². The summed E-state index contributed by atoms with van der Waals surface area (Å²) in [6.07, 6.45) is -2.12. The molecule has 3 heterocycles. The fourth-order valence-corrected chi connectivity index (χ4v) is 6.24. The second-order valence-corrected chi connectivity index (χ2v) is 11.6. The fraction of sp³-hybridized carbons (Fsp3) is 0.176. The smallest absolute Gasteiger partial charge is 0.397 e. The molecule has 0 bridgehead atoms. The van der Waals surface area contributed by atoms with Gasteiger partial charge in [0, 0.05) is 23.2 Å². The molecule has 6 rings (SSSR count). The number of aryl methyl sites for hydroxylation is 1. The number of aromatic nitrogens is 1. The van der Waals surface area contributed by atoms with E-state index in [0.29, 0.717) is 22.5 Å². The van der Waals surface area contributed by atoms with E-state index in [1.54, 1.807) is 30.5 Å². The van der Waals surface area contributed by atoms with Crippen LogP contribution in [0.15, 0.2) is 91.1 Å². The number of likely N-dealkylation sites (tertiary alicyclic amines) is 1. The van der Waals surface area contributed by atoms with Crippen LogP contribution in [0, 0.1) is 18.3 Å². The number of aliphatic hydroxyl groups is 1. The topological polar surface area (TPSA) is 132 Å². The van der Waals surface area contributed by atoms with Crippen LogP contribution in [-0.2, 0) is 11.0 Å². The van der Waals surface area contributed by atoms with Gasteiger partial charge in [0.25, 0.3) is 5.91 Å². The van der Waals surface area contributed by atoms with Gasteiger partial charge in [-0.05, 0) is 60.0 Å². The second-order valence-electron chi connectivity index (χ2n) is 10.6. The lowest BCUT2D eigenvalue weighted by atomic mass is 9.76. The first-order valence-corrected chi connectivity index (χ1v) is 14.9. The predicted octanol–water partition coefficient (Wildman–Crippen LogP) is 6.62. The van der Waals surface area contributed by atoms with E-state index in [1.807, 2.05) is 43.3 Å². The SMILES string of the molecule is Cc1ccc(NC(=O)c2sc3ncccc3c2N)cc1.N#CC1C(c2ccc(-c3ccc(C(F)(F)F)cc3)cc2)C(CO)N1C=O. The van der Waals surface area contributed by atoms with Gasteiger partial charge in [0.15, 0.2) is 0 Å². The molecule has 1 saturated heterocycles. The number of rotatable bonds is 6. The Hall–Kier alpha value is -5.25. The molecule has 0 spiro atoms. The highest BCUT2D eigenvalue weighted by atomic mass is 32.1. The number of nitrogens with one attached hydrogen (secondary N) is 1. The van der Waals surface area contributed by atoms with Gasteiger partial charge >= 0.3 is 6.18 Å². The Morgan fingerprint density at radius 2 is 1.70 bits per heavy atom. The Kier molecular flexibility index (Phi) is 9.36. The van der Waals surface area contributed by atoms with Crippen LogP contribution in [0.25, 0.3) is 21.3 Å². The lowest BCUT2D eigenvalue weighted by Crippen LogP contribution is -2.62. The van der Waals surface area contributed by atoms with Crippen molar-refractivity contribution in [3.8, 4) is 17.2 Å². The average molecular weight is 644 g/mol. The summed E-state index contributed by atoms with van der Waals surface area (Å²) in [6.45, 7) is 1.75. The first-order chi connectivity index (χ1) is 22.0. The number of alkyl halides is 3. The molecule has 3 unspecified atom stereocenters. The molecule has 5 aromatic rings. The monoisotopic (exact) mass is 643 g/mol. The number of nitrogen functional groups attached to an aromatic ring is 1. The van der Waals surface area contributed by atoms with Gasteiger partial charge in [-0.3, -0.25) is 9.59 Å². The van der Waals surface area contributed by atoms with Crippen molar-refractivity contribution in [2.75, 3.05) is 17.7 Å². The van der Waals surface area contributed by atoms with Crippen LogP contribution in [0.5, 0.6) is 0 Å². The molecule has 1 aliphatic rings. The van der Waals surface area contributed by atoms with Crippen LogP contribution in [0.1, 0.15) is 32.3 Å². The molecule has 12 heteroatoms. The molecule has 8 nitrogen and oxygen atoms in total. The number of halogens is 3. The number of benzene rings is 3. The van der Waals surface area contributed by atoms with Crippen molar-refractivity contribution >= 4 is 45.2 Å². The molecule has 0 radical (unpaired) electrons. The van der Waals surface area contributed by atoms with Crippen LogP contribution in [0.4, 0.5) is 24.5 Å². The Morgan fingerprint density at radius 3 is 2.24 bits per heavy atom. The lowest BCUT2D eigenvalue weighted by Gasteiger charge is -2.49. The quantitative estimate of drug-likeness (QED) is 0.178. The van der Waals surface area contributed by atoms with Crippen molar-refractivity contribution in [2.24, 2.45) is 0 Å². The van der Waals surface area contributed by atoms with E-state index < -0.39 is 23.8 Å². The van der Waals surface area contributed by atoms with E-state index in [4.69, 9.17) is 5.73 Å². The van der Waals surface area contributed by atoms with Crippen molar-refractivity contribution in [3.05, 3.63) is 113 Å². The minimum atomic E-state index is -4.37. The van der Waals surface area contributed by atoms with Crippen LogP contribution in [0.2, 0.25) is 0 Å². The molecule has 0 aliphatic carbocycles. The van der Waals surface area contributed by atoms with Crippen molar-refractivity contribution in [1.82, 2.24) is 9.88 Å². The van der Waals surface area contributed by atoms with Gasteiger partial charge in [-0.15, -0.1) is 11.3 Å². The number of aliphatic hydroxyl groups excluding tert-OH is 1. The number of anilines is 2. The summed E-state index contributed by atoms with van der Waals surface area (Å²) in [5.41, 5.74) is 9.89. The van der Waals surface area contributed by atoms with Gasteiger partial charge in [-0.2, -0.15) is 18.4 Å². The predicted molar refractivity (Wildman–Crippen MR) is 171 cm³/mol. The zero-order valence-electron chi connectivity index (χ0n) is 24.4. The third-order valence-electron chi connectivity index (χ3n) is 7.76. The molecule has 46 heavy (non-hydrogen) atoms. The van der Waals surface area contributed by atoms with E-state index in [9.17, 15) is 33.1 Å². The largest absolute Gasteiger partial charge is 0.416 e.